The van der Waals surface area contributed by atoms with Gasteiger partial charge in [0.25, 0.3) is 0 Å². The molecule has 2 fully saturated rings. The fraction of sp³-hybridized carbons (Fsp3) is 0.438. The molecule has 0 saturated carbocycles. The van der Waals surface area contributed by atoms with Gasteiger partial charge in [-0.05, 0) is 24.6 Å². The molecule has 0 spiro atoms. The second kappa shape index (κ2) is 6.50. The molecule has 2 aromatic heterocycles. The summed E-state index contributed by atoms with van der Waals surface area (Å²) in [7, 11) is 0. The summed E-state index contributed by atoms with van der Waals surface area (Å²) in [5.41, 5.74) is 0. The van der Waals surface area contributed by atoms with Crippen molar-refractivity contribution in [2.45, 2.75) is 18.9 Å². The number of nitrogens with zero attached hydrogens (tertiary/aromatic N) is 6. The summed E-state index contributed by atoms with van der Waals surface area (Å²) in [6.07, 6.45) is 4.54. The van der Waals surface area contributed by atoms with E-state index < -0.39 is 0 Å². The highest BCUT2D eigenvalue weighted by molar-refractivity contribution is 5.90. The Bertz CT molecular complexity index is 751. The zero-order valence-corrected chi connectivity index (χ0v) is 13.7. The highest BCUT2D eigenvalue weighted by atomic mass is 16.2. The van der Waals surface area contributed by atoms with Gasteiger partial charge in [-0.25, -0.2) is 4.68 Å². The first-order chi connectivity index (χ1) is 12.2. The molecule has 130 valence electrons. The zero-order chi connectivity index (χ0) is 17.2. The molecule has 4 rings (SSSR count). The minimum absolute atomic E-state index is 0.0191. The van der Waals surface area contributed by atoms with Crippen molar-refractivity contribution in [3.63, 3.8) is 0 Å². The van der Waals surface area contributed by atoms with Gasteiger partial charge < -0.3 is 15.1 Å². The van der Waals surface area contributed by atoms with Gasteiger partial charge in [0.2, 0.25) is 11.8 Å². The Morgan fingerprint density at radius 3 is 2.48 bits per heavy atom. The average molecular weight is 341 g/mol. The standard InChI is InChI=1S/C16H19N7O2/c24-15-5-2-12(18-15)16(25)22-10-8-21(9-11-22)13-3-4-14(20-19-13)23-7-1-6-17-23/h1,3-4,6-7,12H,2,5,8-11H2,(H,18,24)/t12-/m1/s1. The summed E-state index contributed by atoms with van der Waals surface area (Å²) in [5.74, 6) is 1.44. The summed E-state index contributed by atoms with van der Waals surface area (Å²) in [5, 5.41) is 15.3. The maximum atomic E-state index is 12.4. The second-order valence-corrected chi connectivity index (χ2v) is 6.17. The van der Waals surface area contributed by atoms with Crippen LogP contribution in [-0.4, -0.2) is 68.9 Å². The first-order valence-corrected chi connectivity index (χ1v) is 8.37. The number of nitrogens with one attached hydrogen (secondary N) is 1. The zero-order valence-electron chi connectivity index (χ0n) is 13.7. The Balaban J connectivity index is 1.35. The number of piperazine rings is 1. The average Bonchev–Trinajstić information content (AvgIpc) is 3.33. The van der Waals surface area contributed by atoms with E-state index in [4.69, 9.17) is 0 Å². The van der Waals surface area contributed by atoms with Crippen molar-refractivity contribution in [1.82, 2.24) is 30.2 Å². The van der Waals surface area contributed by atoms with Crippen molar-refractivity contribution in [2.24, 2.45) is 0 Å². The lowest BCUT2D eigenvalue weighted by atomic mass is 10.2. The number of carbonyl (C=O) groups is 2. The highest BCUT2D eigenvalue weighted by Crippen LogP contribution is 2.16. The van der Waals surface area contributed by atoms with Gasteiger partial charge in [0.15, 0.2) is 11.6 Å². The summed E-state index contributed by atoms with van der Waals surface area (Å²) in [6.45, 7) is 2.63. The quantitative estimate of drug-likeness (QED) is 0.815. The highest BCUT2D eigenvalue weighted by Gasteiger charge is 2.32. The molecule has 0 unspecified atom stereocenters. The predicted octanol–water partition coefficient (Wildman–Crippen LogP) is -0.410. The molecule has 4 heterocycles. The molecule has 2 saturated heterocycles. The van der Waals surface area contributed by atoms with Crippen LogP contribution in [0.2, 0.25) is 0 Å². The van der Waals surface area contributed by atoms with E-state index in [9.17, 15) is 9.59 Å². The maximum Gasteiger partial charge on any atom is 0.245 e. The molecule has 1 N–H and O–H groups in total. The summed E-state index contributed by atoms with van der Waals surface area (Å²) < 4.78 is 1.66. The first kappa shape index (κ1) is 15.6. The lowest BCUT2D eigenvalue weighted by Crippen LogP contribution is -2.53. The Labute approximate surface area is 144 Å². The molecule has 2 amide bonds. The fourth-order valence-corrected chi connectivity index (χ4v) is 3.19. The molecule has 2 aromatic rings. The number of rotatable bonds is 3. The van der Waals surface area contributed by atoms with Gasteiger partial charge in [0.1, 0.15) is 6.04 Å². The largest absolute Gasteiger partial charge is 0.352 e. The topological polar surface area (TPSA) is 96.3 Å². The molecule has 0 aromatic carbocycles. The van der Waals surface area contributed by atoms with Crippen molar-refractivity contribution in [3.05, 3.63) is 30.6 Å². The number of hydrogen-bond acceptors (Lipinski definition) is 6. The van der Waals surface area contributed by atoms with E-state index in [0.29, 0.717) is 44.8 Å². The third-order valence-electron chi connectivity index (χ3n) is 4.58. The molecule has 9 nitrogen and oxygen atoms in total. The van der Waals surface area contributed by atoms with Crippen LogP contribution >= 0.6 is 0 Å². The van der Waals surface area contributed by atoms with Crippen LogP contribution in [0.25, 0.3) is 5.82 Å². The third kappa shape index (κ3) is 3.17. The van der Waals surface area contributed by atoms with E-state index >= 15 is 0 Å². The number of anilines is 1. The van der Waals surface area contributed by atoms with Gasteiger partial charge in [0, 0.05) is 45.0 Å². The second-order valence-electron chi connectivity index (χ2n) is 6.17. The molecule has 2 aliphatic rings. The van der Waals surface area contributed by atoms with Gasteiger partial charge in [-0.3, -0.25) is 9.59 Å². The fourth-order valence-electron chi connectivity index (χ4n) is 3.19. The smallest absolute Gasteiger partial charge is 0.245 e. The molecule has 0 aliphatic carbocycles. The first-order valence-electron chi connectivity index (χ1n) is 8.37. The minimum Gasteiger partial charge on any atom is -0.352 e. The van der Waals surface area contributed by atoms with Crippen LogP contribution in [0.4, 0.5) is 5.82 Å². The third-order valence-corrected chi connectivity index (χ3v) is 4.58. The SMILES string of the molecule is O=C1CC[C@H](C(=O)N2CCN(c3ccc(-n4cccn4)nn3)CC2)N1. The molecule has 1 atom stereocenters. The van der Waals surface area contributed by atoms with Crippen LogP contribution in [0.5, 0.6) is 0 Å². The van der Waals surface area contributed by atoms with Crippen molar-refractivity contribution in [1.29, 1.82) is 0 Å². The van der Waals surface area contributed by atoms with Gasteiger partial charge in [0.05, 0.1) is 0 Å². The van der Waals surface area contributed by atoms with E-state index in [1.54, 1.807) is 10.9 Å². The number of hydrogen-bond donors (Lipinski definition) is 1. The van der Waals surface area contributed by atoms with Crippen molar-refractivity contribution < 1.29 is 9.59 Å². The van der Waals surface area contributed by atoms with E-state index in [1.165, 1.54) is 0 Å². The molecule has 9 heteroatoms. The van der Waals surface area contributed by atoms with Gasteiger partial charge in [-0.1, -0.05) is 0 Å². The van der Waals surface area contributed by atoms with Crippen molar-refractivity contribution in [3.8, 4) is 5.82 Å². The Hall–Kier alpha value is -2.97. The van der Waals surface area contributed by atoms with Gasteiger partial charge in [-0.15, -0.1) is 10.2 Å². The molecule has 0 radical (unpaired) electrons. The normalized spacial score (nSPS) is 20.6. The lowest BCUT2D eigenvalue weighted by Gasteiger charge is -2.36. The summed E-state index contributed by atoms with van der Waals surface area (Å²) >= 11 is 0. The van der Waals surface area contributed by atoms with E-state index in [-0.39, 0.29) is 17.9 Å². The van der Waals surface area contributed by atoms with Gasteiger partial charge >= 0.3 is 0 Å². The van der Waals surface area contributed by atoms with E-state index in [1.807, 2.05) is 29.3 Å². The summed E-state index contributed by atoms with van der Waals surface area (Å²) in [4.78, 5) is 27.6. The van der Waals surface area contributed by atoms with Crippen LogP contribution in [0.1, 0.15) is 12.8 Å². The molecular weight excluding hydrogens is 322 g/mol. The van der Waals surface area contributed by atoms with E-state index in [2.05, 4.69) is 25.5 Å². The molecule has 2 aliphatic heterocycles. The van der Waals surface area contributed by atoms with Crippen LogP contribution in [-0.2, 0) is 9.59 Å². The number of amides is 2. The maximum absolute atomic E-state index is 12.4. The summed E-state index contributed by atoms with van der Waals surface area (Å²) in [6, 6.07) is 5.27. The molecular formula is C16H19N7O2. The number of aromatic nitrogens is 4. The Morgan fingerprint density at radius 1 is 1.12 bits per heavy atom. The van der Waals surface area contributed by atoms with Crippen LogP contribution in [0.3, 0.4) is 0 Å². The Morgan fingerprint density at radius 2 is 1.88 bits per heavy atom. The van der Waals surface area contributed by atoms with Crippen molar-refractivity contribution >= 4 is 17.6 Å². The minimum atomic E-state index is -0.354. The monoisotopic (exact) mass is 341 g/mol. The predicted molar refractivity (Wildman–Crippen MR) is 89.1 cm³/mol. The van der Waals surface area contributed by atoms with Crippen LogP contribution in [0, 0.1) is 0 Å². The molecule has 25 heavy (non-hydrogen) atoms. The lowest BCUT2D eigenvalue weighted by molar-refractivity contribution is -0.134. The molecule has 0 bridgehead atoms. The van der Waals surface area contributed by atoms with Crippen LogP contribution in [0.15, 0.2) is 30.6 Å². The van der Waals surface area contributed by atoms with Crippen LogP contribution < -0.4 is 10.2 Å². The number of carbonyl (C=O) groups excluding carboxylic acids is 2. The van der Waals surface area contributed by atoms with Gasteiger partial charge in [-0.2, -0.15) is 5.10 Å². The van der Waals surface area contributed by atoms with Crippen molar-refractivity contribution in [2.75, 3.05) is 31.1 Å². The Kier molecular flexibility index (Phi) is 4.04. The van der Waals surface area contributed by atoms with E-state index in [0.717, 1.165) is 5.82 Å².